The maximum absolute atomic E-state index is 5.70. The Morgan fingerprint density at radius 3 is 2.57 bits per heavy atom. The third-order valence-corrected chi connectivity index (χ3v) is 4.62. The van der Waals surface area contributed by atoms with E-state index in [1.165, 1.54) is 4.11 Å². The molecule has 3 nitrogen and oxygen atoms in total. The Bertz CT molecular complexity index is 787. The lowest BCUT2D eigenvalue weighted by Gasteiger charge is -2.19. The topological polar surface area (TPSA) is 21.5 Å². The van der Waals surface area contributed by atoms with E-state index in [-0.39, 0.29) is 6.04 Å². The van der Waals surface area contributed by atoms with Crippen molar-refractivity contribution in [1.82, 2.24) is 0 Å². The van der Waals surface area contributed by atoms with Crippen molar-refractivity contribution in [3.05, 3.63) is 65.2 Å². The van der Waals surface area contributed by atoms with E-state index in [0.717, 1.165) is 21.6 Å². The lowest BCUT2D eigenvalue weighted by Crippen LogP contribution is -2.32. The molecule has 23 heavy (non-hydrogen) atoms. The quantitative estimate of drug-likeness (QED) is 0.609. The molecule has 2 aromatic carbocycles. The molecule has 0 amide bonds. The lowest BCUT2D eigenvalue weighted by molar-refractivity contribution is -0.743. The normalized spacial score (nSPS) is 16.5. The standard InChI is InChI=1S/C17H14NO2S3/c1-2-19-17(22)12-9-7-11(8-10-12)15-16(21)13-5-3-4-6-14(13)20-18(15)23/h3-10,15H,2H2,1H3/q+1. The minimum Gasteiger partial charge on any atom is -0.483 e. The van der Waals surface area contributed by atoms with Crippen molar-refractivity contribution < 1.29 is 13.7 Å². The first-order valence-electron chi connectivity index (χ1n) is 7.16. The molecule has 116 valence electrons. The molecular weight excluding hydrogens is 346 g/mol. The van der Waals surface area contributed by atoms with Gasteiger partial charge in [-0.3, -0.25) is 0 Å². The van der Waals surface area contributed by atoms with E-state index in [0.29, 0.717) is 17.4 Å². The third kappa shape index (κ3) is 3.15. The summed E-state index contributed by atoms with van der Waals surface area (Å²) in [5, 5.41) is 0.488. The molecule has 1 aliphatic rings. The van der Waals surface area contributed by atoms with Crippen LogP contribution in [0.25, 0.3) is 0 Å². The first kappa shape index (κ1) is 16.1. The van der Waals surface area contributed by atoms with E-state index in [2.05, 4.69) is 0 Å². The van der Waals surface area contributed by atoms with Gasteiger partial charge in [-0.2, -0.15) is 0 Å². The predicted molar refractivity (Wildman–Crippen MR) is 98.9 cm³/mol. The summed E-state index contributed by atoms with van der Waals surface area (Å²) >= 11 is 16.2. The molecule has 0 saturated heterocycles. The zero-order valence-corrected chi connectivity index (χ0v) is 14.8. The van der Waals surface area contributed by atoms with Gasteiger partial charge in [-0.1, -0.05) is 36.5 Å². The molecule has 0 bridgehead atoms. The van der Waals surface area contributed by atoms with E-state index < -0.39 is 0 Å². The molecule has 0 radical (unpaired) electrons. The monoisotopic (exact) mass is 360 g/mol. The van der Waals surface area contributed by atoms with Crippen LogP contribution in [0.5, 0.6) is 5.75 Å². The van der Waals surface area contributed by atoms with Crippen LogP contribution in [0.3, 0.4) is 0 Å². The van der Waals surface area contributed by atoms with E-state index in [9.17, 15) is 0 Å². The number of hydrogen-bond acceptors (Lipinski definition) is 5. The van der Waals surface area contributed by atoms with Crippen LogP contribution in [-0.2, 0) is 17.2 Å². The number of para-hydroxylation sites is 1. The largest absolute Gasteiger partial charge is 0.483 e. The van der Waals surface area contributed by atoms with Crippen LogP contribution in [0.2, 0.25) is 0 Å². The molecule has 1 atom stereocenters. The second-order valence-electron chi connectivity index (χ2n) is 4.98. The number of benzene rings is 2. The number of ether oxygens (including phenoxy) is 1. The Kier molecular flexibility index (Phi) is 4.75. The van der Waals surface area contributed by atoms with Crippen LogP contribution in [0.4, 0.5) is 0 Å². The van der Waals surface area contributed by atoms with Crippen LogP contribution in [0, 0.1) is 0 Å². The summed E-state index contributed by atoms with van der Waals surface area (Å²) in [6, 6.07) is 15.1. The number of nitrogens with zero attached hydrogens (tertiary/aromatic N) is 1. The van der Waals surface area contributed by atoms with Crippen LogP contribution in [0.1, 0.15) is 29.7 Å². The summed E-state index contributed by atoms with van der Waals surface area (Å²) in [5.41, 5.74) is 2.73. The van der Waals surface area contributed by atoms with Crippen LogP contribution in [-0.4, -0.2) is 20.6 Å². The number of hydrogen-bond donors (Lipinski definition) is 0. The summed E-state index contributed by atoms with van der Waals surface area (Å²) in [6.07, 6.45) is 0. The Hall–Kier alpha value is -1.76. The highest BCUT2D eigenvalue weighted by Gasteiger charge is 2.38. The van der Waals surface area contributed by atoms with Gasteiger partial charge < -0.3 is 4.74 Å². The van der Waals surface area contributed by atoms with E-state index >= 15 is 0 Å². The molecule has 0 N–H and O–H groups in total. The van der Waals surface area contributed by atoms with Crippen molar-refractivity contribution in [2.24, 2.45) is 0 Å². The molecule has 0 aliphatic carbocycles. The van der Waals surface area contributed by atoms with Gasteiger partial charge in [-0.05, 0) is 43.4 Å². The first-order chi connectivity index (χ1) is 11.1. The van der Waals surface area contributed by atoms with Crippen molar-refractivity contribution in [3.8, 4) is 5.75 Å². The lowest BCUT2D eigenvalue weighted by atomic mass is 9.97. The van der Waals surface area contributed by atoms with Crippen LogP contribution in [0.15, 0.2) is 48.5 Å². The fourth-order valence-electron chi connectivity index (χ4n) is 2.43. The summed E-state index contributed by atoms with van der Waals surface area (Å²) in [4.78, 5) is 6.45. The SMILES string of the molecule is CCOC(=S)c1ccc(C2C(=S)c3ccccc3O[N+]2=S)cc1. The van der Waals surface area contributed by atoms with Gasteiger partial charge in [0.2, 0.25) is 5.75 Å². The number of hydroxylamine groups is 1. The zero-order chi connectivity index (χ0) is 16.4. The highest BCUT2D eigenvalue weighted by Crippen LogP contribution is 2.33. The Morgan fingerprint density at radius 1 is 1.17 bits per heavy atom. The maximum atomic E-state index is 5.70. The summed E-state index contributed by atoms with van der Waals surface area (Å²) in [6.45, 7) is 2.46. The van der Waals surface area contributed by atoms with Gasteiger partial charge in [-0.15, -0.1) is 0 Å². The van der Waals surface area contributed by atoms with Gasteiger partial charge in [0, 0.05) is 16.7 Å². The van der Waals surface area contributed by atoms with E-state index in [1.807, 2.05) is 55.5 Å². The summed E-state index contributed by atoms with van der Waals surface area (Å²) in [5.74, 6) is 0.692. The Morgan fingerprint density at radius 2 is 1.87 bits per heavy atom. The van der Waals surface area contributed by atoms with Crippen LogP contribution >= 0.6 is 24.4 Å². The summed E-state index contributed by atoms with van der Waals surface area (Å²) in [7, 11) is 0. The average molecular weight is 361 g/mol. The van der Waals surface area contributed by atoms with Crippen molar-refractivity contribution in [2.45, 2.75) is 13.0 Å². The molecule has 6 heteroatoms. The predicted octanol–water partition coefficient (Wildman–Crippen LogP) is 3.91. The molecule has 1 unspecified atom stereocenters. The van der Waals surface area contributed by atoms with Crippen molar-refractivity contribution in [3.63, 3.8) is 0 Å². The van der Waals surface area contributed by atoms with Crippen molar-refractivity contribution >= 4 is 46.8 Å². The Labute approximate surface area is 151 Å². The second-order valence-corrected chi connectivity index (χ2v) is 6.15. The molecule has 0 aromatic heterocycles. The number of fused-ring (bicyclic) bond motifs is 1. The molecular formula is C17H14NO2S3+. The van der Waals surface area contributed by atoms with Gasteiger partial charge in [0.1, 0.15) is 4.86 Å². The van der Waals surface area contributed by atoms with Gasteiger partial charge in [0.25, 0.3) is 6.04 Å². The molecule has 1 heterocycles. The highest BCUT2D eigenvalue weighted by molar-refractivity contribution is 7.81. The van der Waals surface area contributed by atoms with Gasteiger partial charge >= 0.3 is 12.4 Å². The van der Waals surface area contributed by atoms with Gasteiger partial charge in [0.05, 0.1) is 10.7 Å². The minimum atomic E-state index is -0.287. The summed E-state index contributed by atoms with van der Waals surface area (Å²) < 4.78 is 6.73. The maximum Gasteiger partial charge on any atom is 0.322 e. The van der Waals surface area contributed by atoms with Gasteiger partial charge in [0.15, 0.2) is 5.05 Å². The molecule has 0 fully saturated rings. The van der Waals surface area contributed by atoms with Crippen molar-refractivity contribution in [2.75, 3.05) is 6.61 Å². The molecule has 2 aromatic rings. The van der Waals surface area contributed by atoms with Gasteiger partial charge in [-0.25, -0.2) is 4.84 Å². The molecule has 0 saturated carbocycles. The Balaban J connectivity index is 1.91. The number of thiocarbonyl (C=S) groups is 2. The fraction of sp³-hybridized carbons (Fsp3) is 0.176. The molecule has 1 aliphatic heterocycles. The van der Waals surface area contributed by atoms with E-state index in [1.54, 1.807) is 0 Å². The minimum absolute atomic E-state index is 0.287. The second kappa shape index (κ2) is 6.78. The van der Waals surface area contributed by atoms with Crippen LogP contribution < -0.4 is 4.84 Å². The third-order valence-electron chi connectivity index (χ3n) is 3.54. The number of rotatable bonds is 3. The smallest absolute Gasteiger partial charge is 0.322 e. The van der Waals surface area contributed by atoms with E-state index in [4.69, 9.17) is 46.4 Å². The molecule has 0 spiro atoms. The highest BCUT2D eigenvalue weighted by atomic mass is 32.1. The fourth-order valence-corrected chi connectivity index (χ4v) is 3.46. The first-order valence-corrected chi connectivity index (χ1v) is 8.34. The average Bonchev–Trinajstić information content (AvgIpc) is 2.56. The van der Waals surface area contributed by atoms with Crippen molar-refractivity contribution in [1.29, 1.82) is 0 Å². The molecule has 3 rings (SSSR count). The zero-order valence-electron chi connectivity index (χ0n) is 12.4.